The van der Waals surface area contributed by atoms with Gasteiger partial charge in [0.05, 0.1) is 0 Å². The number of aryl methyl sites for hydroxylation is 1. The quantitative estimate of drug-likeness (QED) is 0.233. The summed E-state index contributed by atoms with van der Waals surface area (Å²) in [6.45, 7) is 2.19. The molecule has 0 radical (unpaired) electrons. The van der Waals surface area contributed by atoms with Crippen LogP contribution in [0.2, 0.25) is 0 Å². The van der Waals surface area contributed by atoms with Gasteiger partial charge in [0.1, 0.15) is 0 Å². The number of benzene rings is 7. The highest BCUT2D eigenvalue weighted by molar-refractivity contribution is 6.23. The molecule has 0 heterocycles. The van der Waals surface area contributed by atoms with Crippen molar-refractivity contribution in [2.75, 3.05) is 0 Å². The predicted molar refractivity (Wildman–Crippen MR) is 152 cm³/mol. The average Bonchev–Trinajstić information content (AvgIpc) is 2.91. The van der Waals surface area contributed by atoms with Crippen LogP contribution in [0.1, 0.15) is 5.56 Å². The Kier molecular flexibility index (Phi) is 4.47. The maximum absolute atomic E-state index is 2.36. The van der Waals surface area contributed by atoms with Crippen molar-refractivity contribution in [2.45, 2.75) is 6.92 Å². The first-order chi connectivity index (χ1) is 17.3. The Labute approximate surface area is 205 Å². The fraction of sp³-hybridized carbons (Fsp3) is 0.0286. The topological polar surface area (TPSA) is 0 Å². The Morgan fingerprint density at radius 3 is 1.83 bits per heavy atom. The molecule has 0 saturated heterocycles. The molecule has 0 nitrogen and oxygen atoms in total. The van der Waals surface area contributed by atoms with Crippen molar-refractivity contribution in [1.29, 1.82) is 0 Å². The van der Waals surface area contributed by atoms with E-state index in [1.165, 1.54) is 70.9 Å². The Morgan fingerprint density at radius 2 is 1.00 bits per heavy atom. The van der Waals surface area contributed by atoms with Gasteiger partial charge in [-0.15, -0.1) is 0 Å². The minimum absolute atomic E-state index is 1.26. The van der Waals surface area contributed by atoms with Gasteiger partial charge in [-0.2, -0.15) is 0 Å². The molecule has 0 amide bonds. The summed E-state index contributed by atoms with van der Waals surface area (Å²) in [4.78, 5) is 0. The molecule has 0 aliphatic rings. The molecule has 35 heavy (non-hydrogen) atoms. The van der Waals surface area contributed by atoms with Gasteiger partial charge in [0.25, 0.3) is 0 Å². The normalized spacial score (nSPS) is 11.6. The zero-order valence-corrected chi connectivity index (χ0v) is 19.6. The summed E-state index contributed by atoms with van der Waals surface area (Å²) in [5.74, 6) is 0. The summed E-state index contributed by atoms with van der Waals surface area (Å²) in [6, 6.07) is 46.7. The van der Waals surface area contributed by atoms with E-state index in [0.29, 0.717) is 0 Å². The van der Waals surface area contributed by atoms with Crippen LogP contribution >= 0.6 is 0 Å². The molecule has 0 unspecified atom stereocenters. The summed E-state index contributed by atoms with van der Waals surface area (Å²) < 4.78 is 0. The van der Waals surface area contributed by atoms with Crippen LogP contribution in [0.3, 0.4) is 0 Å². The first kappa shape index (κ1) is 20.0. The van der Waals surface area contributed by atoms with Crippen LogP contribution in [0.25, 0.3) is 65.3 Å². The largest absolute Gasteiger partial charge is 0.0616 e. The summed E-state index contributed by atoms with van der Waals surface area (Å²) in [5.41, 5.74) is 6.46. The van der Waals surface area contributed by atoms with Gasteiger partial charge in [-0.05, 0) is 78.3 Å². The van der Waals surface area contributed by atoms with Crippen molar-refractivity contribution >= 4 is 43.1 Å². The lowest BCUT2D eigenvalue weighted by Gasteiger charge is -2.19. The Balaban J connectivity index is 1.67. The summed E-state index contributed by atoms with van der Waals surface area (Å²) in [5, 5.41) is 10.3. The van der Waals surface area contributed by atoms with Crippen molar-refractivity contribution in [3.63, 3.8) is 0 Å². The van der Waals surface area contributed by atoms with Crippen LogP contribution in [0.4, 0.5) is 0 Å². The van der Waals surface area contributed by atoms with Crippen LogP contribution < -0.4 is 0 Å². The monoisotopic (exact) mass is 444 g/mol. The molecule has 0 aliphatic carbocycles. The zero-order chi connectivity index (χ0) is 23.4. The Hall–Kier alpha value is -4.42. The molecule has 0 fully saturated rings. The highest BCUT2D eigenvalue weighted by Gasteiger charge is 2.18. The van der Waals surface area contributed by atoms with E-state index in [2.05, 4.69) is 134 Å². The van der Waals surface area contributed by atoms with Gasteiger partial charge in [0.15, 0.2) is 0 Å². The molecular formula is C35H24. The van der Waals surface area contributed by atoms with Crippen molar-refractivity contribution in [3.05, 3.63) is 133 Å². The molecule has 0 N–H and O–H groups in total. The molecule has 7 rings (SSSR count). The van der Waals surface area contributed by atoms with Crippen LogP contribution in [0.5, 0.6) is 0 Å². The first-order valence-corrected chi connectivity index (χ1v) is 12.2. The lowest BCUT2D eigenvalue weighted by atomic mass is 9.84. The second-order valence-electron chi connectivity index (χ2n) is 9.43. The van der Waals surface area contributed by atoms with E-state index in [4.69, 9.17) is 0 Å². The van der Waals surface area contributed by atoms with E-state index in [0.717, 1.165) is 0 Å². The summed E-state index contributed by atoms with van der Waals surface area (Å²) in [7, 11) is 0. The van der Waals surface area contributed by atoms with Crippen molar-refractivity contribution in [2.24, 2.45) is 0 Å². The van der Waals surface area contributed by atoms with E-state index in [9.17, 15) is 0 Å². The molecule has 7 aromatic carbocycles. The molecule has 7 aromatic rings. The van der Waals surface area contributed by atoms with Gasteiger partial charge in [-0.3, -0.25) is 0 Å². The zero-order valence-electron chi connectivity index (χ0n) is 19.6. The minimum atomic E-state index is 1.26. The minimum Gasteiger partial charge on any atom is -0.0616 e. The second kappa shape index (κ2) is 7.82. The maximum Gasteiger partial charge on any atom is -0.00200 e. The third-order valence-corrected chi connectivity index (χ3v) is 7.28. The smallest absolute Gasteiger partial charge is 0.00200 e. The van der Waals surface area contributed by atoms with Crippen molar-refractivity contribution in [1.82, 2.24) is 0 Å². The number of fused-ring (bicyclic) bond motifs is 4. The molecule has 0 spiro atoms. The van der Waals surface area contributed by atoms with Gasteiger partial charge in [0.2, 0.25) is 0 Å². The lowest BCUT2D eigenvalue weighted by Crippen LogP contribution is -1.92. The molecule has 0 atom stereocenters. The summed E-state index contributed by atoms with van der Waals surface area (Å²) in [6.07, 6.45) is 0. The van der Waals surface area contributed by atoms with Gasteiger partial charge >= 0.3 is 0 Å². The van der Waals surface area contributed by atoms with E-state index in [-0.39, 0.29) is 0 Å². The molecule has 0 aliphatic heterocycles. The number of rotatable bonds is 2. The van der Waals surface area contributed by atoms with Crippen LogP contribution in [0.15, 0.2) is 127 Å². The third-order valence-electron chi connectivity index (χ3n) is 7.28. The molecule has 0 saturated carbocycles. The van der Waals surface area contributed by atoms with E-state index < -0.39 is 0 Å². The first-order valence-electron chi connectivity index (χ1n) is 12.2. The van der Waals surface area contributed by atoms with Crippen molar-refractivity contribution < 1.29 is 0 Å². The van der Waals surface area contributed by atoms with Gasteiger partial charge in [0, 0.05) is 0 Å². The second-order valence-corrected chi connectivity index (χ2v) is 9.43. The standard InChI is InChI=1S/C35H24/c1-23-17-20-32-33(21-23)35(29-16-8-12-25-10-4-5-13-28(25)29)31-15-7-6-14-30(31)34(32)27-19-18-24-9-2-3-11-26(24)22-27/h2-22H,1H3. The van der Waals surface area contributed by atoms with Gasteiger partial charge in [-0.1, -0.05) is 127 Å². The average molecular weight is 445 g/mol. The molecule has 164 valence electrons. The van der Waals surface area contributed by atoms with Crippen molar-refractivity contribution in [3.8, 4) is 22.3 Å². The van der Waals surface area contributed by atoms with E-state index in [1.807, 2.05) is 0 Å². The van der Waals surface area contributed by atoms with Crippen LogP contribution in [-0.2, 0) is 0 Å². The molecule has 0 aromatic heterocycles. The summed E-state index contributed by atoms with van der Waals surface area (Å²) >= 11 is 0. The third kappa shape index (κ3) is 3.15. The molecule has 0 bridgehead atoms. The molecular weight excluding hydrogens is 420 g/mol. The van der Waals surface area contributed by atoms with Gasteiger partial charge < -0.3 is 0 Å². The number of hydrogen-bond donors (Lipinski definition) is 0. The van der Waals surface area contributed by atoms with Gasteiger partial charge in [-0.25, -0.2) is 0 Å². The Morgan fingerprint density at radius 1 is 0.371 bits per heavy atom. The number of hydrogen-bond acceptors (Lipinski definition) is 0. The SMILES string of the molecule is Cc1ccc2c(-c3ccc4ccccc4c3)c3ccccc3c(-c3cccc4ccccc34)c2c1. The highest BCUT2D eigenvalue weighted by Crippen LogP contribution is 2.45. The van der Waals surface area contributed by atoms with Crippen LogP contribution in [0, 0.1) is 6.92 Å². The predicted octanol–water partition coefficient (Wildman–Crippen LogP) is 9.94. The van der Waals surface area contributed by atoms with Crippen LogP contribution in [-0.4, -0.2) is 0 Å². The lowest BCUT2D eigenvalue weighted by molar-refractivity contribution is 1.51. The fourth-order valence-electron chi connectivity index (χ4n) is 5.68. The Bertz CT molecular complexity index is 1900. The fourth-order valence-corrected chi connectivity index (χ4v) is 5.68. The molecule has 0 heteroatoms. The maximum atomic E-state index is 2.36. The highest BCUT2D eigenvalue weighted by atomic mass is 14.2. The van der Waals surface area contributed by atoms with E-state index in [1.54, 1.807) is 0 Å². The van der Waals surface area contributed by atoms with E-state index >= 15 is 0 Å².